The molecule has 5 rings (SSSR count). The van der Waals surface area contributed by atoms with E-state index < -0.39 is 11.7 Å². The quantitative estimate of drug-likeness (QED) is 0.417. The zero-order chi connectivity index (χ0) is 24.0. The highest BCUT2D eigenvalue weighted by atomic mass is 19.1. The third-order valence-electron chi connectivity index (χ3n) is 5.80. The Kier molecular flexibility index (Phi) is 5.16. The molecule has 3 heterocycles. The molecule has 0 atom stereocenters. The van der Waals surface area contributed by atoms with Crippen molar-refractivity contribution in [1.29, 1.82) is 0 Å². The van der Waals surface area contributed by atoms with E-state index in [1.807, 2.05) is 0 Å². The lowest BCUT2D eigenvalue weighted by molar-refractivity contribution is 0.102. The van der Waals surface area contributed by atoms with Gasteiger partial charge in [-0.05, 0) is 55.0 Å². The summed E-state index contributed by atoms with van der Waals surface area (Å²) >= 11 is 0. The van der Waals surface area contributed by atoms with Gasteiger partial charge in [0.2, 0.25) is 0 Å². The van der Waals surface area contributed by atoms with Crippen LogP contribution in [0.25, 0.3) is 33.4 Å². The van der Waals surface area contributed by atoms with Crippen molar-refractivity contribution in [3.63, 3.8) is 0 Å². The molecule has 7 nitrogen and oxygen atoms in total. The molecule has 2 aromatic carbocycles. The number of carbonyl (C=O) groups excluding carboxylic acids is 1. The second-order valence-corrected chi connectivity index (χ2v) is 7.99. The molecule has 0 saturated carbocycles. The van der Waals surface area contributed by atoms with Crippen LogP contribution in [0, 0.1) is 18.6 Å². The van der Waals surface area contributed by atoms with Crippen molar-refractivity contribution in [2.45, 2.75) is 6.92 Å². The van der Waals surface area contributed by atoms with E-state index in [1.165, 1.54) is 22.9 Å². The monoisotopic (exact) mass is 458 g/mol. The van der Waals surface area contributed by atoms with E-state index >= 15 is 0 Å². The number of halogens is 2. The number of benzene rings is 2. The number of aromatic nitrogens is 5. The second-order valence-electron chi connectivity index (χ2n) is 7.99. The standard InChI is InChI=1S/C25H20F2N6O/c1-14-18(10-16(11-20(14)27)25(34)30-23-8-9-29-33(23)3)21-12-22-19(13-28-21)24(31-32(22)2)15-4-6-17(26)7-5-15/h4-13H,1-3H3,(H,30,34). The zero-order valence-electron chi connectivity index (χ0n) is 18.7. The lowest BCUT2D eigenvalue weighted by Gasteiger charge is -2.11. The number of carbonyl (C=O) groups is 1. The van der Waals surface area contributed by atoms with Gasteiger partial charge in [0.15, 0.2) is 0 Å². The Hall–Kier alpha value is -4.40. The molecule has 1 N–H and O–H groups in total. The third kappa shape index (κ3) is 3.71. The smallest absolute Gasteiger partial charge is 0.256 e. The largest absolute Gasteiger partial charge is 0.307 e. The molecule has 5 aromatic rings. The number of rotatable bonds is 4. The van der Waals surface area contributed by atoms with Crippen LogP contribution in [-0.4, -0.2) is 30.5 Å². The van der Waals surface area contributed by atoms with Gasteiger partial charge in [-0.1, -0.05) is 0 Å². The van der Waals surface area contributed by atoms with Crippen molar-refractivity contribution in [1.82, 2.24) is 24.5 Å². The summed E-state index contributed by atoms with van der Waals surface area (Å²) in [5, 5.41) is 12.1. The highest BCUT2D eigenvalue weighted by Crippen LogP contribution is 2.32. The normalized spacial score (nSPS) is 11.2. The van der Waals surface area contributed by atoms with E-state index in [0.717, 1.165) is 16.5 Å². The Morgan fingerprint density at radius 1 is 1.00 bits per heavy atom. The average Bonchev–Trinajstić information content (AvgIpc) is 3.38. The number of pyridine rings is 1. The maximum atomic E-state index is 14.8. The van der Waals surface area contributed by atoms with Gasteiger partial charge < -0.3 is 5.32 Å². The number of nitrogens with one attached hydrogen (secondary N) is 1. The Bertz CT molecular complexity index is 1550. The summed E-state index contributed by atoms with van der Waals surface area (Å²) < 4.78 is 31.4. The van der Waals surface area contributed by atoms with Crippen molar-refractivity contribution in [3.8, 4) is 22.5 Å². The fraction of sp³-hybridized carbons (Fsp3) is 0.120. The Morgan fingerprint density at radius 3 is 2.47 bits per heavy atom. The minimum atomic E-state index is -0.508. The number of nitrogens with zero attached hydrogens (tertiary/aromatic N) is 5. The topological polar surface area (TPSA) is 77.6 Å². The summed E-state index contributed by atoms with van der Waals surface area (Å²) in [5.74, 6) is -0.792. The van der Waals surface area contributed by atoms with Crippen molar-refractivity contribution >= 4 is 22.6 Å². The molecular weight excluding hydrogens is 438 g/mol. The van der Waals surface area contributed by atoms with Gasteiger partial charge in [0.25, 0.3) is 5.91 Å². The van der Waals surface area contributed by atoms with Gasteiger partial charge in [-0.15, -0.1) is 0 Å². The van der Waals surface area contributed by atoms with Crippen LogP contribution in [0.4, 0.5) is 14.6 Å². The Morgan fingerprint density at radius 2 is 1.76 bits per heavy atom. The van der Waals surface area contributed by atoms with Crippen molar-refractivity contribution in [2.24, 2.45) is 14.1 Å². The predicted octanol–water partition coefficient (Wildman–Crippen LogP) is 4.87. The van der Waals surface area contributed by atoms with Crippen LogP contribution in [0.2, 0.25) is 0 Å². The minimum absolute atomic E-state index is 0.165. The summed E-state index contributed by atoms with van der Waals surface area (Å²) in [5.41, 5.74) is 3.76. The van der Waals surface area contributed by atoms with Crippen molar-refractivity contribution < 1.29 is 13.6 Å². The maximum Gasteiger partial charge on any atom is 0.256 e. The second kappa shape index (κ2) is 8.18. The van der Waals surface area contributed by atoms with E-state index in [-0.39, 0.29) is 11.4 Å². The molecule has 34 heavy (non-hydrogen) atoms. The molecule has 0 fully saturated rings. The molecule has 0 saturated heterocycles. The Balaban J connectivity index is 1.56. The number of hydrogen-bond donors (Lipinski definition) is 1. The van der Waals surface area contributed by atoms with E-state index in [9.17, 15) is 13.6 Å². The highest BCUT2D eigenvalue weighted by molar-refractivity contribution is 6.05. The van der Waals surface area contributed by atoms with Crippen LogP contribution in [0.15, 0.2) is 60.9 Å². The van der Waals surface area contributed by atoms with Crippen molar-refractivity contribution in [3.05, 3.63) is 83.7 Å². The molecule has 170 valence electrons. The van der Waals surface area contributed by atoms with Gasteiger partial charge in [0.05, 0.1) is 17.4 Å². The predicted molar refractivity (Wildman–Crippen MR) is 125 cm³/mol. The molecule has 9 heteroatoms. The molecule has 0 aliphatic carbocycles. The van der Waals surface area contributed by atoms with Gasteiger partial charge in [-0.2, -0.15) is 10.2 Å². The molecule has 0 aliphatic rings. The SMILES string of the molecule is Cc1c(F)cc(C(=O)Nc2ccnn2C)cc1-c1cc2c(cn1)c(-c1ccc(F)cc1)nn2C. The van der Waals surface area contributed by atoms with Crippen LogP contribution in [0.1, 0.15) is 15.9 Å². The first-order valence-electron chi connectivity index (χ1n) is 10.5. The molecule has 0 aliphatic heterocycles. The minimum Gasteiger partial charge on any atom is -0.307 e. The van der Waals surface area contributed by atoms with E-state index in [4.69, 9.17) is 0 Å². The number of amides is 1. The van der Waals surface area contributed by atoms with Gasteiger partial charge in [0.1, 0.15) is 23.1 Å². The first-order chi connectivity index (χ1) is 16.3. The molecule has 1 amide bonds. The summed E-state index contributed by atoms with van der Waals surface area (Å²) in [6, 6.07) is 12.4. The van der Waals surface area contributed by atoms with Gasteiger partial charge in [-0.3, -0.25) is 19.1 Å². The Labute approximate surface area is 193 Å². The molecule has 3 aromatic heterocycles. The lowest BCUT2D eigenvalue weighted by Crippen LogP contribution is -2.15. The van der Waals surface area contributed by atoms with Gasteiger partial charge >= 0.3 is 0 Å². The first-order valence-corrected chi connectivity index (χ1v) is 10.5. The van der Waals surface area contributed by atoms with Crippen LogP contribution in [0.3, 0.4) is 0 Å². The molecule has 0 unspecified atom stereocenters. The fourth-order valence-electron chi connectivity index (χ4n) is 3.88. The summed E-state index contributed by atoms with van der Waals surface area (Å²) in [6.07, 6.45) is 3.22. The number of aryl methyl sites for hydroxylation is 2. The molecule has 0 spiro atoms. The van der Waals surface area contributed by atoms with Crippen LogP contribution in [-0.2, 0) is 14.1 Å². The summed E-state index contributed by atoms with van der Waals surface area (Å²) in [6.45, 7) is 1.65. The number of anilines is 1. The third-order valence-corrected chi connectivity index (χ3v) is 5.80. The molecule has 0 bridgehead atoms. The number of hydrogen-bond acceptors (Lipinski definition) is 4. The number of fused-ring (bicyclic) bond motifs is 1. The molecular formula is C25H20F2N6O. The average molecular weight is 458 g/mol. The fourth-order valence-corrected chi connectivity index (χ4v) is 3.88. The van der Waals surface area contributed by atoms with Crippen LogP contribution in [0.5, 0.6) is 0 Å². The van der Waals surface area contributed by atoms with Crippen LogP contribution < -0.4 is 5.32 Å². The van der Waals surface area contributed by atoms with E-state index in [2.05, 4.69) is 20.5 Å². The van der Waals surface area contributed by atoms with E-state index in [1.54, 1.807) is 68.4 Å². The zero-order valence-corrected chi connectivity index (χ0v) is 18.7. The van der Waals surface area contributed by atoms with Gasteiger partial charge in [0, 0.05) is 48.4 Å². The van der Waals surface area contributed by atoms with E-state index in [0.29, 0.717) is 28.3 Å². The first kappa shape index (κ1) is 21.4. The summed E-state index contributed by atoms with van der Waals surface area (Å²) in [7, 11) is 3.49. The molecule has 0 radical (unpaired) electrons. The maximum absolute atomic E-state index is 14.8. The van der Waals surface area contributed by atoms with Gasteiger partial charge in [-0.25, -0.2) is 8.78 Å². The lowest BCUT2D eigenvalue weighted by atomic mass is 10.00. The van der Waals surface area contributed by atoms with Crippen LogP contribution >= 0.6 is 0 Å². The van der Waals surface area contributed by atoms with Crippen molar-refractivity contribution in [2.75, 3.05) is 5.32 Å². The highest BCUT2D eigenvalue weighted by Gasteiger charge is 2.18. The summed E-state index contributed by atoms with van der Waals surface area (Å²) in [4.78, 5) is 17.3.